The van der Waals surface area contributed by atoms with E-state index in [2.05, 4.69) is 29.8 Å². The summed E-state index contributed by atoms with van der Waals surface area (Å²) < 4.78 is 7.34. The minimum atomic E-state index is -0.255. The lowest BCUT2D eigenvalue weighted by Gasteiger charge is -2.37. The SMILES string of the molecule is CC(C)C1CCCC2(CC1)CC(=O)c1ccc(Br)cc1O2. The lowest BCUT2D eigenvalue weighted by molar-refractivity contribution is 0.0285. The molecule has 1 heterocycles. The fraction of sp³-hybridized carbons (Fsp3) is 0.611. The topological polar surface area (TPSA) is 26.3 Å². The molecule has 2 unspecified atom stereocenters. The fourth-order valence-corrected chi connectivity index (χ4v) is 4.16. The molecule has 21 heavy (non-hydrogen) atoms. The predicted octanol–water partition coefficient (Wildman–Crippen LogP) is 5.39. The number of hydrogen-bond donors (Lipinski definition) is 0. The highest BCUT2D eigenvalue weighted by Crippen LogP contribution is 2.43. The quantitative estimate of drug-likeness (QED) is 0.678. The standard InChI is InChI=1S/C18H23BrO2/c1-12(2)13-4-3-8-18(9-7-13)11-16(20)15-6-5-14(19)10-17(15)21-18/h5-6,10,12-13H,3-4,7-9,11H2,1-2H3. The summed E-state index contributed by atoms with van der Waals surface area (Å²) in [6.07, 6.45) is 6.17. The second-order valence-corrected chi connectivity index (χ2v) is 7.88. The van der Waals surface area contributed by atoms with E-state index in [1.54, 1.807) is 0 Å². The minimum Gasteiger partial charge on any atom is -0.486 e. The second kappa shape index (κ2) is 5.75. The summed E-state index contributed by atoms with van der Waals surface area (Å²) in [6, 6.07) is 5.74. The Hall–Kier alpha value is -0.830. The van der Waals surface area contributed by atoms with Crippen LogP contribution in [0.3, 0.4) is 0 Å². The highest BCUT2D eigenvalue weighted by atomic mass is 79.9. The van der Waals surface area contributed by atoms with Crippen LogP contribution in [0.15, 0.2) is 22.7 Å². The van der Waals surface area contributed by atoms with E-state index in [1.165, 1.54) is 19.3 Å². The normalized spacial score (nSPS) is 29.1. The highest BCUT2D eigenvalue weighted by Gasteiger charge is 2.42. The number of ketones is 1. The van der Waals surface area contributed by atoms with Crippen molar-refractivity contribution in [3.05, 3.63) is 28.2 Å². The molecule has 0 radical (unpaired) electrons. The Balaban J connectivity index is 1.85. The molecule has 1 spiro atoms. The molecule has 3 rings (SSSR count). The number of hydrogen-bond acceptors (Lipinski definition) is 2. The van der Waals surface area contributed by atoms with Crippen LogP contribution in [0.25, 0.3) is 0 Å². The molecule has 114 valence electrons. The predicted molar refractivity (Wildman–Crippen MR) is 87.9 cm³/mol. The molecular weight excluding hydrogens is 328 g/mol. The monoisotopic (exact) mass is 350 g/mol. The average molecular weight is 351 g/mol. The van der Waals surface area contributed by atoms with Crippen LogP contribution in [0.1, 0.15) is 62.7 Å². The number of fused-ring (bicyclic) bond motifs is 1. The van der Waals surface area contributed by atoms with Gasteiger partial charge in [0.2, 0.25) is 0 Å². The van der Waals surface area contributed by atoms with E-state index >= 15 is 0 Å². The molecule has 0 amide bonds. The van der Waals surface area contributed by atoms with E-state index in [9.17, 15) is 4.79 Å². The maximum absolute atomic E-state index is 12.5. The van der Waals surface area contributed by atoms with Gasteiger partial charge in [-0.15, -0.1) is 0 Å². The van der Waals surface area contributed by atoms with E-state index in [1.807, 2.05) is 18.2 Å². The van der Waals surface area contributed by atoms with Gasteiger partial charge in [0.25, 0.3) is 0 Å². The first-order valence-corrected chi connectivity index (χ1v) is 8.80. The molecule has 1 fully saturated rings. The van der Waals surface area contributed by atoms with Crippen molar-refractivity contribution in [1.82, 2.24) is 0 Å². The molecule has 2 aliphatic rings. The third-order valence-electron chi connectivity index (χ3n) is 5.17. The van der Waals surface area contributed by atoms with Crippen molar-refractivity contribution in [2.45, 2.75) is 58.0 Å². The van der Waals surface area contributed by atoms with Crippen molar-refractivity contribution in [3.8, 4) is 5.75 Å². The zero-order chi connectivity index (χ0) is 15.0. The van der Waals surface area contributed by atoms with Gasteiger partial charge in [-0.25, -0.2) is 0 Å². The number of halogens is 1. The summed E-state index contributed by atoms with van der Waals surface area (Å²) >= 11 is 3.48. The van der Waals surface area contributed by atoms with Crippen LogP contribution < -0.4 is 4.74 Å². The molecule has 0 bridgehead atoms. The molecule has 1 aliphatic heterocycles. The van der Waals surface area contributed by atoms with Gasteiger partial charge in [-0.2, -0.15) is 0 Å². The van der Waals surface area contributed by atoms with Gasteiger partial charge in [0.1, 0.15) is 11.4 Å². The molecular formula is C18H23BrO2. The Bertz CT molecular complexity index is 552. The van der Waals surface area contributed by atoms with Crippen LogP contribution in [-0.4, -0.2) is 11.4 Å². The van der Waals surface area contributed by atoms with E-state index in [0.717, 1.165) is 40.5 Å². The van der Waals surface area contributed by atoms with Crippen molar-refractivity contribution in [3.63, 3.8) is 0 Å². The first-order valence-electron chi connectivity index (χ1n) is 8.01. The second-order valence-electron chi connectivity index (χ2n) is 6.96. The molecule has 0 aromatic heterocycles. The van der Waals surface area contributed by atoms with Gasteiger partial charge in [-0.3, -0.25) is 4.79 Å². The molecule has 1 aliphatic carbocycles. The highest BCUT2D eigenvalue weighted by molar-refractivity contribution is 9.10. The van der Waals surface area contributed by atoms with E-state index in [0.29, 0.717) is 6.42 Å². The van der Waals surface area contributed by atoms with Gasteiger partial charge < -0.3 is 4.74 Å². The maximum Gasteiger partial charge on any atom is 0.170 e. The Morgan fingerprint density at radius 2 is 2.10 bits per heavy atom. The largest absolute Gasteiger partial charge is 0.486 e. The van der Waals surface area contributed by atoms with Crippen molar-refractivity contribution >= 4 is 21.7 Å². The first-order chi connectivity index (χ1) is 9.99. The molecule has 0 saturated heterocycles. The van der Waals surface area contributed by atoms with E-state index in [-0.39, 0.29) is 11.4 Å². The Morgan fingerprint density at radius 1 is 1.29 bits per heavy atom. The van der Waals surface area contributed by atoms with Gasteiger partial charge in [0, 0.05) is 4.47 Å². The Labute approximate surface area is 135 Å². The van der Waals surface area contributed by atoms with Crippen molar-refractivity contribution in [2.24, 2.45) is 11.8 Å². The van der Waals surface area contributed by atoms with E-state index < -0.39 is 0 Å². The Kier molecular flexibility index (Phi) is 4.13. The zero-order valence-electron chi connectivity index (χ0n) is 12.8. The van der Waals surface area contributed by atoms with E-state index in [4.69, 9.17) is 4.74 Å². The van der Waals surface area contributed by atoms with Crippen LogP contribution >= 0.6 is 15.9 Å². The smallest absolute Gasteiger partial charge is 0.170 e. The number of Topliss-reactive ketones (excluding diaryl/α,β-unsaturated/α-hetero) is 1. The summed E-state index contributed by atoms with van der Waals surface area (Å²) in [6.45, 7) is 4.61. The number of rotatable bonds is 1. The molecule has 1 aromatic carbocycles. The molecule has 2 nitrogen and oxygen atoms in total. The number of ether oxygens (including phenoxy) is 1. The fourth-order valence-electron chi connectivity index (χ4n) is 3.82. The maximum atomic E-state index is 12.5. The number of benzene rings is 1. The van der Waals surface area contributed by atoms with Crippen LogP contribution in [0, 0.1) is 11.8 Å². The summed E-state index contributed by atoms with van der Waals surface area (Å²) in [5, 5.41) is 0. The van der Waals surface area contributed by atoms with Crippen molar-refractivity contribution < 1.29 is 9.53 Å². The van der Waals surface area contributed by atoms with Gasteiger partial charge >= 0.3 is 0 Å². The van der Waals surface area contributed by atoms with Crippen molar-refractivity contribution in [1.29, 1.82) is 0 Å². The van der Waals surface area contributed by atoms with Gasteiger partial charge in [0.05, 0.1) is 12.0 Å². The first kappa shape index (κ1) is 15.1. The van der Waals surface area contributed by atoms with Crippen LogP contribution in [-0.2, 0) is 0 Å². The van der Waals surface area contributed by atoms with Crippen LogP contribution in [0.5, 0.6) is 5.75 Å². The van der Waals surface area contributed by atoms with Gasteiger partial charge in [-0.05, 0) is 55.7 Å². The molecule has 1 aromatic rings. The molecule has 0 N–H and O–H groups in total. The lowest BCUT2D eigenvalue weighted by atomic mass is 9.83. The number of carbonyl (C=O) groups excluding carboxylic acids is 1. The number of carbonyl (C=O) groups is 1. The summed E-state index contributed by atoms with van der Waals surface area (Å²) in [5.74, 6) is 2.50. The average Bonchev–Trinajstić information content (AvgIpc) is 2.61. The Morgan fingerprint density at radius 3 is 2.86 bits per heavy atom. The summed E-state index contributed by atoms with van der Waals surface area (Å²) in [5.41, 5.74) is 0.489. The van der Waals surface area contributed by atoms with Crippen LogP contribution in [0.4, 0.5) is 0 Å². The molecule has 2 atom stereocenters. The summed E-state index contributed by atoms with van der Waals surface area (Å²) in [4.78, 5) is 12.5. The minimum absolute atomic E-state index is 0.242. The third-order valence-corrected chi connectivity index (χ3v) is 5.67. The third kappa shape index (κ3) is 3.03. The molecule has 1 saturated carbocycles. The zero-order valence-corrected chi connectivity index (χ0v) is 14.4. The molecule has 3 heteroatoms. The lowest BCUT2D eigenvalue weighted by Crippen LogP contribution is -2.41. The van der Waals surface area contributed by atoms with Crippen molar-refractivity contribution in [2.75, 3.05) is 0 Å². The van der Waals surface area contributed by atoms with Crippen LogP contribution in [0.2, 0.25) is 0 Å². The van der Waals surface area contributed by atoms with Gasteiger partial charge in [-0.1, -0.05) is 36.2 Å². The van der Waals surface area contributed by atoms with Gasteiger partial charge in [0.15, 0.2) is 5.78 Å². The summed E-state index contributed by atoms with van der Waals surface area (Å²) in [7, 11) is 0.